The van der Waals surface area contributed by atoms with Crippen molar-refractivity contribution in [3.8, 4) is 5.75 Å². The van der Waals surface area contributed by atoms with Gasteiger partial charge in [0.15, 0.2) is 6.10 Å². The maximum absolute atomic E-state index is 13.1. The number of carbonyl (C=O) groups excluding carboxylic acids is 1. The molecule has 3 nitrogen and oxygen atoms in total. The fraction of sp³-hybridized carbons (Fsp3) is 0.500. The lowest BCUT2D eigenvalue weighted by molar-refractivity contribution is -0.139. The van der Waals surface area contributed by atoms with Crippen molar-refractivity contribution in [1.82, 2.24) is 4.90 Å². The zero-order valence-corrected chi connectivity index (χ0v) is 15.8. The van der Waals surface area contributed by atoms with E-state index in [1.807, 2.05) is 29.2 Å². The molecule has 1 atom stereocenters. The molecule has 0 unspecified atom stereocenters. The van der Waals surface area contributed by atoms with E-state index in [2.05, 4.69) is 39.0 Å². The molecule has 0 saturated heterocycles. The fourth-order valence-corrected chi connectivity index (χ4v) is 3.15. The van der Waals surface area contributed by atoms with E-state index < -0.39 is 6.10 Å². The molecule has 2 rings (SSSR count). The van der Waals surface area contributed by atoms with Gasteiger partial charge in [0.1, 0.15) is 5.75 Å². The number of rotatable bonds is 10. The van der Waals surface area contributed by atoms with E-state index in [1.54, 1.807) is 0 Å². The molecule has 0 N–H and O–H groups in total. The first-order valence-corrected chi connectivity index (χ1v) is 9.64. The number of unbranched alkanes of at least 4 members (excludes halogenated alkanes) is 1. The lowest BCUT2D eigenvalue weighted by atomic mass is 10.1. The van der Waals surface area contributed by atoms with Crippen molar-refractivity contribution < 1.29 is 9.53 Å². The molecule has 0 fully saturated rings. The molecule has 0 heterocycles. The highest BCUT2D eigenvalue weighted by molar-refractivity contribution is 5.89. The van der Waals surface area contributed by atoms with Crippen molar-refractivity contribution in [3.05, 3.63) is 42.5 Å². The van der Waals surface area contributed by atoms with Crippen LogP contribution in [0.5, 0.6) is 5.75 Å². The maximum Gasteiger partial charge on any atom is 0.263 e. The highest BCUT2D eigenvalue weighted by atomic mass is 16.5. The van der Waals surface area contributed by atoms with Gasteiger partial charge in [0.25, 0.3) is 5.91 Å². The average molecular weight is 341 g/mol. The molecule has 2 aromatic rings. The van der Waals surface area contributed by atoms with Crippen LogP contribution in [0.3, 0.4) is 0 Å². The van der Waals surface area contributed by atoms with Gasteiger partial charge in [-0.25, -0.2) is 0 Å². The monoisotopic (exact) mass is 341 g/mol. The summed E-state index contributed by atoms with van der Waals surface area (Å²) in [5, 5.41) is 2.21. The van der Waals surface area contributed by atoms with Crippen LogP contribution in [0.15, 0.2) is 42.5 Å². The summed E-state index contributed by atoms with van der Waals surface area (Å²) in [5.41, 5.74) is 0. The summed E-state index contributed by atoms with van der Waals surface area (Å²) in [6.45, 7) is 7.97. The Morgan fingerprint density at radius 2 is 1.64 bits per heavy atom. The number of hydrogen-bond donors (Lipinski definition) is 0. The van der Waals surface area contributed by atoms with E-state index >= 15 is 0 Å². The lowest BCUT2D eigenvalue weighted by Gasteiger charge is -2.27. The Labute approximate surface area is 152 Å². The molecule has 0 aliphatic carbocycles. The summed E-state index contributed by atoms with van der Waals surface area (Å²) in [4.78, 5) is 15.0. The van der Waals surface area contributed by atoms with Crippen LogP contribution in [0, 0.1) is 0 Å². The van der Waals surface area contributed by atoms with Crippen LogP contribution < -0.4 is 4.74 Å². The normalized spacial score (nSPS) is 12.1. The molecule has 0 radical (unpaired) electrons. The third-order valence-corrected chi connectivity index (χ3v) is 4.41. The zero-order chi connectivity index (χ0) is 18.1. The van der Waals surface area contributed by atoms with Gasteiger partial charge in [-0.05, 0) is 37.1 Å². The fourth-order valence-electron chi connectivity index (χ4n) is 3.15. The molecule has 136 valence electrons. The van der Waals surface area contributed by atoms with Gasteiger partial charge in [-0.1, -0.05) is 63.6 Å². The summed E-state index contributed by atoms with van der Waals surface area (Å²) in [6.07, 6.45) is 4.37. The van der Waals surface area contributed by atoms with Crippen molar-refractivity contribution in [1.29, 1.82) is 0 Å². The van der Waals surface area contributed by atoms with Gasteiger partial charge in [0.05, 0.1) is 0 Å². The lowest BCUT2D eigenvalue weighted by Crippen LogP contribution is -2.42. The number of ether oxygens (including phenoxy) is 1. The second-order valence-electron chi connectivity index (χ2n) is 6.55. The Bertz CT molecular complexity index is 657. The Balaban J connectivity index is 2.25. The van der Waals surface area contributed by atoms with Crippen LogP contribution in [0.2, 0.25) is 0 Å². The zero-order valence-electron chi connectivity index (χ0n) is 15.8. The Morgan fingerprint density at radius 1 is 0.960 bits per heavy atom. The Kier molecular flexibility index (Phi) is 7.77. The van der Waals surface area contributed by atoms with Crippen molar-refractivity contribution >= 4 is 16.7 Å². The van der Waals surface area contributed by atoms with Gasteiger partial charge >= 0.3 is 0 Å². The van der Waals surface area contributed by atoms with Crippen LogP contribution in [-0.2, 0) is 4.79 Å². The quantitative estimate of drug-likeness (QED) is 0.577. The van der Waals surface area contributed by atoms with Gasteiger partial charge in [0.2, 0.25) is 0 Å². The van der Waals surface area contributed by atoms with Crippen molar-refractivity contribution in [3.63, 3.8) is 0 Å². The number of nitrogens with zero attached hydrogens (tertiary/aromatic N) is 1. The minimum Gasteiger partial charge on any atom is -0.480 e. The largest absolute Gasteiger partial charge is 0.480 e. The average Bonchev–Trinajstić information content (AvgIpc) is 2.64. The van der Waals surface area contributed by atoms with Gasteiger partial charge in [-0.2, -0.15) is 0 Å². The van der Waals surface area contributed by atoms with Gasteiger partial charge in [-0.3, -0.25) is 4.79 Å². The molecule has 25 heavy (non-hydrogen) atoms. The molecule has 3 heteroatoms. The first-order chi connectivity index (χ1) is 12.2. The van der Waals surface area contributed by atoms with Crippen LogP contribution in [0.4, 0.5) is 0 Å². The third kappa shape index (κ3) is 5.22. The first kappa shape index (κ1) is 19.3. The van der Waals surface area contributed by atoms with Crippen LogP contribution >= 0.6 is 0 Å². The first-order valence-electron chi connectivity index (χ1n) is 9.64. The van der Waals surface area contributed by atoms with Crippen molar-refractivity contribution in [2.24, 2.45) is 0 Å². The SMILES string of the molecule is CCCC[C@@H](Oc1cccc2ccccc12)C(=O)N(CCC)CCC. The minimum absolute atomic E-state index is 0.130. The predicted molar refractivity (Wildman–Crippen MR) is 105 cm³/mol. The Morgan fingerprint density at radius 3 is 2.32 bits per heavy atom. The highest BCUT2D eigenvalue weighted by Crippen LogP contribution is 2.27. The summed E-state index contributed by atoms with van der Waals surface area (Å²) in [5.74, 6) is 0.936. The molecule has 2 aromatic carbocycles. The topological polar surface area (TPSA) is 29.5 Å². The standard InChI is InChI=1S/C22H31NO2/c1-4-7-14-21(22(24)23(16-5-2)17-6-3)25-20-15-10-12-18-11-8-9-13-19(18)20/h8-13,15,21H,4-7,14,16-17H2,1-3H3/t21-/m1/s1. The Hall–Kier alpha value is -2.03. The van der Waals surface area contributed by atoms with Gasteiger partial charge in [-0.15, -0.1) is 0 Å². The number of hydrogen-bond acceptors (Lipinski definition) is 2. The van der Waals surface area contributed by atoms with Crippen LogP contribution in [0.25, 0.3) is 10.8 Å². The summed E-state index contributed by atoms with van der Waals surface area (Å²) >= 11 is 0. The smallest absolute Gasteiger partial charge is 0.263 e. The van der Waals surface area contributed by atoms with E-state index in [4.69, 9.17) is 4.74 Å². The van der Waals surface area contributed by atoms with E-state index in [0.29, 0.717) is 0 Å². The molecular weight excluding hydrogens is 310 g/mol. The second kappa shape index (κ2) is 10.1. The number of fused-ring (bicyclic) bond motifs is 1. The molecule has 1 amide bonds. The number of carbonyl (C=O) groups is 1. The minimum atomic E-state index is -0.399. The summed E-state index contributed by atoms with van der Waals surface area (Å²) < 4.78 is 6.27. The van der Waals surface area contributed by atoms with Gasteiger partial charge < -0.3 is 9.64 Å². The second-order valence-corrected chi connectivity index (χ2v) is 6.55. The van der Waals surface area contributed by atoms with E-state index in [-0.39, 0.29) is 5.91 Å². The highest BCUT2D eigenvalue weighted by Gasteiger charge is 2.25. The summed E-state index contributed by atoms with van der Waals surface area (Å²) in [7, 11) is 0. The van der Waals surface area contributed by atoms with Gasteiger partial charge in [0, 0.05) is 18.5 Å². The maximum atomic E-state index is 13.1. The van der Waals surface area contributed by atoms with E-state index in [0.717, 1.165) is 61.7 Å². The van der Waals surface area contributed by atoms with E-state index in [1.165, 1.54) is 0 Å². The van der Waals surface area contributed by atoms with Crippen molar-refractivity contribution in [2.75, 3.05) is 13.1 Å². The molecule has 0 spiro atoms. The number of benzene rings is 2. The molecule has 0 aliphatic heterocycles. The third-order valence-electron chi connectivity index (χ3n) is 4.41. The molecular formula is C22H31NO2. The molecule has 0 bridgehead atoms. The predicted octanol–water partition coefficient (Wildman–Crippen LogP) is 5.43. The molecule has 0 aliphatic rings. The molecule has 0 saturated carbocycles. The van der Waals surface area contributed by atoms with Crippen LogP contribution in [0.1, 0.15) is 52.9 Å². The molecule has 0 aromatic heterocycles. The van der Waals surface area contributed by atoms with E-state index in [9.17, 15) is 4.79 Å². The van der Waals surface area contributed by atoms with Crippen molar-refractivity contribution in [2.45, 2.75) is 59.0 Å². The van der Waals surface area contributed by atoms with Crippen LogP contribution in [-0.4, -0.2) is 30.0 Å². The number of amides is 1. The summed E-state index contributed by atoms with van der Waals surface area (Å²) in [6, 6.07) is 14.2.